The van der Waals surface area contributed by atoms with E-state index in [1.165, 1.54) is 6.07 Å². The van der Waals surface area contributed by atoms with Crippen LogP contribution in [0.2, 0.25) is 0 Å². The van der Waals surface area contributed by atoms with E-state index < -0.39 is 0 Å². The zero-order valence-electron chi connectivity index (χ0n) is 7.91. The summed E-state index contributed by atoms with van der Waals surface area (Å²) < 4.78 is 15.0. The third-order valence-electron chi connectivity index (χ3n) is 2.31. The minimum atomic E-state index is -0.182. The van der Waals surface area contributed by atoms with Crippen LogP contribution in [0.4, 0.5) is 4.39 Å². The Labute approximate surface area is 82.5 Å². The van der Waals surface area contributed by atoms with Gasteiger partial charge in [-0.2, -0.15) is 0 Å². The highest BCUT2D eigenvalue weighted by Crippen LogP contribution is 2.17. The molecule has 0 aliphatic rings. The molecule has 1 aromatic heterocycles. The Morgan fingerprint density at radius 3 is 3.00 bits per heavy atom. The molecule has 0 saturated carbocycles. The van der Waals surface area contributed by atoms with Crippen molar-refractivity contribution < 1.29 is 4.39 Å². The fourth-order valence-corrected chi connectivity index (χ4v) is 1.60. The number of aryl methyl sites for hydroxylation is 1. The molecule has 14 heavy (non-hydrogen) atoms. The molecule has 2 aromatic rings. The molecule has 0 spiro atoms. The van der Waals surface area contributed by atoms with E-state index in [4.69, 9.17) is 0 Å². The highest BCUT2D eigenvalue weighted by Gasteiger charge is 2.00. The highest BCUT2D eigenvalue weighted by atomic mass is 19.1. The third kappa shape index (κ3) is 1.55. The number of fused-ring (bicyclic) bond motifs is 1. The number of aromatic nitrogens is 1. The quantitative estimate of drug-likeness (QED) is 0.652. The van der Waals surface area contributed by atoms with Crippen LogP contribution in [-0.4, -0.2) is 4.57 Å². The molecule has 2 heteroatoms. The molecule has 0 saturated heterocycles. The van der Waals surface area contributed by atoms with Crippen molar-refractivity contribution in [3.8, 4) is 0 Å². The van der Waals surface area contributed by atoms with Gasteiger partial charge in [0.1, 0.15) is 5.82 Å². The molecule has 1 heterocycles. The van der Waals surface area contributed by atoms with Gasteiger partial charge in [-0.15, -0.1) is 6.58 Å². The summed E-state index contributed by atoms with van der Waals surface area (Å²) in [6, 6.07) is 6.79. The van der Waals surface area contributed by atoms with Crippen molar-refractivity contribution in [3.05, 3.63) is 48.9 Å². The summed E-state index contributed by atoms with van der Waals surface area (Å²) in [6.45, 7) is 4.58. The van der Waals surface area contributed by atoms with Crippen LogP contribution in [0.25, 0.3) is 10.9 Å². The minimum Gasteiger partial charge on any atom is -0.347 e. The standard InChI is InChI=1S/C12H12FN/c1-2-3-7-14-8-6-10-9-11(13)4-5-12(10)14/h2,4-6,8-9H,1,3,7H2. The topological polar surface area (TPSA) is 4.93 Å². The molecule has 0 amide bonds. The van der Waals surface area contributed by atoms with E-state index in [0.29, 0.717) is 0 Å². The fourth-order valence-electron chi connectivity index (χ4n) is 1.60. The summed E-state index contributed by atoms with van der Waals surface area (Å²) in [5.41, 5.74) is 1.08. The molecule has 72 valence electrons. The lowest BCUT2D eigenvalue weighted by atomic mass is 10.2. The predicted octanol–water partition coefficient (Wildman–Crippen LogP) is 3.36. The number of benzene rings is 1. The SMILES string of the molecule is C=CCCn1ccc2cc(F)ccc21. The van der Waals surface area contributed by atoms with Crippen LogP contribution >= 0.6 is 0 Å². The van der Waals surface area contributed by atoms with Gasteiger partial charge in [0.25, 0.3) is 0 Å². The van der Waals surface area contributed by atoms with Gasteiger partial charge in [0, 0.05) is 23.6 Å². The van der Waals surface area contributed by atoms with E-state index in [1.54, 1.807) is 6.07 Å². The van der Waals surface area contributed by atoms with Gasteiger partial charge in [-0.1, -0.05) is 6.08 Å². The van der Waals surface area contributed by atoms with Crippen molar-refractivity contribution in [1.29, 1.82) is 0 Å². The summed E-state index contributed by atoms with van der Waals surface area (Å²) in [4.78, 5) is 0. The van der Waals surface area contributed by atoms with E-state index in [9.17, 15) is 4.39 Å². The van der Waals surface area contributed by atoms with E-state index in [1.807, 2.05) is 24.4 Å². The number of hydrogen-bond donors (Lipinski definition) is 0. The summed E-state index contributed by atoms with van der Waals surface area (Å²) in [6.07, 6.45) is 4.80. The molecule has 0 bridgehead atoms. The molecule has 0 aliphatic heterocycles. The zero-order valence-corrected chi connectivity index (χ0v) is 7.91. The van der Waals surface area contributed by atoms with Gasteiger partial charge in [0.2, 0.25) is 0 Å². The number of allylic oxidation sites excluding steroid dienone is 1. The lowest BCUT2D eigenvalue weighted by Gasteiger charge is -2.02. The second kappa shape index (κ2) is 3.66. The Morgan fingerprint density at radius 1 is 1.36 bits per heavy atom. The Morgan fingerprint density at radius 2 is 2.21 bits per heavy atom. The van der Waals surface area contributed by atoms with Crippen molar-refractivity contribution in [2.45, 2.75) is 13.0 Å². The van der Waals surface area contributed by atoms with Gasteiger partial charge in [-0.25, -0.2) is 4.39 Å². The van der Waals surface area contributed by atoms with Crippen molar-refractivity contribution in [2.24, 2.45) is 0 Å². The molecular formula is C12H12FN. The van der Waals surface area contributed by atoms with E-state index >= 15 is 0 Å². The van der Waals surface area contributed by atoms with Gasteiger partial charge in [0.15, 0.2) is 0 Å². The van der Waals surface area contributed by atoms with Gasteiger partial charge >= 0.3 is 0 Å². The first kappa shape index (κ1) is 9.00. The molecule has 0 atom stereocenters. The van der Waals surface area contributed by atoms with Gasteiger partial charge < -0.3 is 4.57 Å². The smallest absolute Gasteiger partial charge is 0.123 e. The number of halogens is 1. The van der Waals surface area contributed by atoms with Gasteiger partial charge in [-0.3, -0.25) is 0 Å². The van der Waals surface area contributed by atoms with Crippen LogP contribution in [-0.2, 0) is 6.54 Å². The molecule has 1 aromatic carbocycles. The summed E-state index contributed by atoms with van der Waals surface area (Å²) in [5, 5.41) is 0.953. The van der Waals surface area contributed by atoms with Crippen LogP contribution in [0.5, 0.6) is 0 Å². The second-order valence-electron chi connectivity index (χ2n) is 3.29. The maximum absolute atomic E-state index is 12.9. The molecule has 0 fully saturated rings. The first-order chi connectivity index (χ1) is 6.81. The first-order valence-electron chi connectivity index (χ1n) is 4.66. The number of hydrogen-bond acceptors (Lipinski definition) is 0. The fraction of sp³-hybridized carbons (Fsp3) is 0.167. The number of nitrogens with zero attached hydrogens (tertiary/aromatic N) is 1. The van der Waals surface area contributed by atoms with Crippen molar-refractivity contribution in [1.82, 2.24) is 4.57 Å². The lowest BCUT2D eigenvalue weighted by molar-refractivity contribution is 0.629. The van der Waals surface area contributed by atoms with Crippen molar-refractivity contribution >= 4 is 10.9 Å². The van der Waals surface area contributed by atoms with Crippen LogP contribution in [0, 0.1) is 5.82 Å². The zero-order chi connectivity index (χ0) is 9.97. The molecule has 0 N–H and O–H groups in total. The minimum absolute atomic E-state index is 0.182. The monoisotopic (exact) mass is 189 g/mol. The molecule has 1 nitrogen and oxygen atoms in total. The Bertz CT molecular complexity index is 456. The molecule has 2 rings (SSSR count). The summed E-state index contributed by atoms with van der Waals surface area (Å²) in [7, 11) is 0. The molecule has 0 aliphatic carbocycles. The summed E-state index contributed by atoms with van der Waals surface area (Å²) >= 11 is 0. The normalized spacial score (nSPS) is 10.6. The highest BCUT2D eigenvalue weighted by molar-refractivity contribution is 5.80. The third-order valence-corrected chi connectivity index (χ3v) is 2.31. The second-order valence-corrected chi connectivity index (χ2v) is 3.29. The average Bonchev–Trinajstić information content (AvgIpc) is 2.57. The van der Waals surface area contributed by atoms with E-state index in [0.717, 1.165) is 23.9 Å². The lowest BCUT2D eigenvalue weighted by Crippen LogP contribution is -1.93. The van der Waals surface area contributed by atoms with Crippen LogP contribution in [0.1, 0.15) is 6.42 Å². The van der Waals surface area contributed by atoms with Crippen LogP contribution < -0.4 is 0 Å². The van der Waals surface area contributed by atoms with Gasteiger partial charge in [0.05, 0.1) is 0 Å². The first-order valence-corrected chi connectivity index (χ1v) is 4.66. The van der Waals surface area contributed by atoms with Crippen molar-refractivity contribution in [2.75, 3.05) is 0 Å². The summed E-state index contributed by atoms with van der Waals surface area (Å²) in [5.74, 6) is -0.182. The molecular weight excluding hydrogens is 177 g/mol. The number of rotatable bonds is 3. The van der Waals surface area contributed by atoms with Gasteiger partial charge in [-0.05, 0) is 30.7 Å². The molecule has 0 unspecified atom stereocenters. The van der Waals surface area contributed by atoms with Crippen LogP contribution in [0.15, 0.2) is 43.1 Å². The maximum atomic E-state index is 12.9. The Balaban J connectivity index is 2.42. The largest absolute Gasteiger partial charge is 0.347 e. The molecule has 0 radical (unpaired) electrons. The maximum Gasteiger partial charge on any atom is 0.123 e. The Kier molecular flexibility index (Phi) is 2.35. The Hall–Kier alpha value is -1.57. The van der Waals surface area contributed by atoms with E-state index in [2.05, 4.69) is 11.1 Å². The van der Waals surface area contributed by atoms with Crippen molar-refractivity contribution in [3.63, 3.8) is 0 Å². The van der Waals surface area contributed by atoms with E-state index in [-0.39, 0.29) is 5.82 Å². The average molecular weight is 189 g/mol. The van der Waals surface area contributed by atoms with Crippen LogP contribution in [0.3, 0.4) is 0 Å². The predicted molar refractivity (Wildman–Crippen MR) is 56.7 cm³/mol.